The van der Waals surface area contributed by atoms with Crippen molar-refractivity contribution in [3.05, 3.63) is 34.3 Å². The van der Waals surface area contributed by atoms with Gasteiger partial charge >= 0.3 is 0 Å². The first-order chi connectivity index (χ1) is 8.56. The van der Waals surface area contributed by atoms with Crippen LogP contribution >= 0.6 is 0 Å². The molecule has 0 aromatic heterocycles. The van der Waals surface area contributed by atoms with Gasteiger partial charge in [-0.05, 0) is 25.0 Å². The molecule has 0 aliphatic carbocycles. The predicted molar refractivity (Wildman–Crippen MR) is 65.1 cm³/mol. The first-order valence-electron chi connectivity index (χ1n) is 5.75. The molecule has 0 spiro atoms. The van der Waals surface area contributed by atoms with Crippen molar-refractivity contribution < 1.29 is 14.7 Å². The number of hydrogen-bond donors (Lipinski definition) is 2. The summed E-state index contributed by atoms with van der Waals surface area (Å²) in [6.07, 6.45) is 1.14. The van der Waals surface area contributed by atoms with Gasteiger partial charge in [0, 0.05) is 17.8 Å². The Balaban J connectivity index is 1.99. The van der Waals surface area contributed by atoms with E-state index in [1.54, 1.807) is 0 Å². The van der Waals surface area contributed by atoms with Crippen LogP contribution in [0.1, 0.15) is 12.5 Å². The Labute approximate surface area is 104 Å². The van der Waals surface area contributed by atoms with E-state index in [1.807, 2.05) is 18.2 Å². The summed E-state index contributed by atoms with van der Waals surface area (Å²) in [4.78, 5) is 26.1. The molecule has 1 aromatic rings. The third-order valence-electron chi connectivity index (χ3n) is 2.70. The van der Waals surface area contributed by atoms with Crippen LogP contribution in [0.15, 0.2) is 23.2 Å². The highest BCUT2D eigenvalue weighted by atomic mass is 16.3. The fourth-order valence-electron chi connectivity index (χ4n) is 1.73. The number of hydrogen-bond acceptors (Lipinski definition) is 3. The highest BCUT2D eigenvalue weighted by molar-refractivity contribution is 6.06. The average molecular weight is 246 g/mol. The van der Waals surface area contributed by atoms with Gasteiger partial charge in [-0.15, -0.1) is 0 Å². The van der Waals surface area contributed by atoms with Crippen LogP contribution in [0.25, 0.3) is 6.08 Å². The maximum atomic E-state index is 11.1. The van der Waals surface area contributed by atoms with Crippen molar-refractivity contribution in [3.63, 3.8) is 0 Å². The van der Waals surface area contributed by atoms with Gasteiger partial charge in [-0.2, -0.15) is 0 Å². The van der Waals surface area contributed by atoms with Gasteiger partial charge in [-0.25, -0.2) is 4.99 Å². The van der Waals surface area contributed by atoms with Crippen LogP contribution in [0.4, 0.5) is 0 Å². The van der Waals surface area contributed by atoms with Crippen molar-refractivity contribution in [2.45, 2.75) is 19.4 Å². The second-order valence-electron chi connectivity index (χ2n) is 4.20. The van der Waals surface area contributed by atoms with Crippen LogP contribution in [0.2, 0.25) is 0 Å². The summed E-state index contributed by atoms with van der Waals surface area (Å²) in [5.41, 5.74) is 0.992. The number of benzene rings is 1. The molecule has 5 nitrogen and oxygen atoms in total. The van der Waals surface area contributed by atoms with Crippen molar-refractivity contribution in [2.75, 3.05) is 6.54 Å². The number of aliphatic hydroxyl groups is 1. The van der Waals surface area contributed by atoms with Gasteiger partial charge < -0.3 is 10.4 Å². The summed E-state index contributed by atoms with van der Waals surface area (Å²) in [5, 5.41) is 13.1. The molecule has 1 heterocycles. The molecule has 1 aliphatic heterocycles. The Hall–Kier alpha value is -2.01. The molecule has 5 heteroatoms. The second kappa shape index (κ2) is 5.10. The lowest BCUT2D eigenvalue weighted by Crippen LogP contribution is -2.34. The van der Waals surface area contributed by atoms with Crippen LogP contribution in [0, 0.1) is 0 Å². The number of carbonyl (C=O) groups is 2. The standard InChI is InChI=1S/C13H14N2O3/c1-8(16)13(18)14-5-4-9-2-3-10-7-12(17)15-11(10)6-9/h2-3,6-8,16H,4-5H2,1H3,(H,14,18)/t8-/m0/s1. The number of carbonyl (C=O) groups excluding carboxylic acids is 2. The van der Waals surface area contributed by atoms with Gasteiger partial charge in [0.05, 0.1) is 5.36 Å². The summed E-state index contributed by atoms with van der Waals surface area (Å²) in [5.74, 6) is -0.617. The molecule has 18 heavy (non-hydrogen) atoms. The van der Waals surface area contributed by atoms with Gasteiger partial charge in [0.2, 0.25) is 5.91 Å². The molecule has 1 atom stereocenters. The highest BCUT2D eigenvalue weighted by Gasteiger charge is 2.07. The molecule has 2 amide bonds. The smallest absolute Gasteiger partial charge is 0.270 e. The predicted octanol–water partition coefficient (Wildman–Crippen LogP) is -1.33. The number of aliphatic hydroxyl groups excluding tert-OH is 1. The number of fused-ring (bicyclic) bond motifs is 1. The second-order valence-corrected chi connectivity index (χ2v) is 4.20. The van der Waals surface area contributed by atoms with Crippen molar-refractivity contribution >= 4 is 17.9 Å². The molecule has 1 aliphatic rings. The summed E-state index contributed by atoms with van der Waals surface area (Å²) in [7, 11) is 0. The van der Waals surface area contributed by atoms with E-state index in [0.717, 1.165) is 10.8 Å². The number of amides is 2. The molecule has 1 aromatic carbocycles. The van der Waals surface area contributed by atoms with Gasteiger partial charge in [0.25, 0.3) is 5.91 Å². The van der Waals surface area contributed by atoms with Gasteiger partial charge in [0.15, 0.2) is 0 Å². The zero-order valence-corrected chi connectivity index (χ0v) is 10.0. The van der Waals surface area contributed by atoms with E-state index in [4.69, 9.17) is 5.11 Å². The van der Waals surface area contributed by atoms with Crippen LogP contribution in [-0.4, -0.2) is 29.6 Å². The first kappa shape index (κ1) is 12.4. The minimum Gasteiger partial charge on any atom is -0.384 e. The Morgan fingerprint density at radius 1 is 1.50 bits per heavy atom. The molecule has 0 fully saturated rings. The molecular weight excluding hydrogens is 232 g/mol. The van der Waals surface area contributed by atoms with Gasteiger partial charge in [0.1, 0.15) is 6.10 Å². The fraction of sp³-hybridized carbons (Fsp3) is 0.308. The molecule has 0 radical (unpaired) electrons. The third-order valence-corrected chi connectivity index (χ3v) is 2.70. The van der Waals surface area contributed by atoms with E-state index in [1.165, 1.54) is 13.0 Å². The van der Waals surface area contributed by atoms with Crippen LogP contribution in [0.5, 0.6) is 0 Å². The molecule has 2 N–H and O–H groups in total. The summed E-state index contributed by atoms with van der Waals surface area (Å²) >= 11 is 0. The van der Waals surface area contributed by atoms with Crippen LogP contribution in [0.3, 0.4) is 0 Å². The zero-order valence-electron chi connectivity index (χ0n) is 10.0. The molecule has 94 valence electrons. The first-order valence-corrected chi connectivity index (χ1v) is 5.75. The minimum absolute atomic E-state index is 0.232. The van der Waals surface area contributed by atoms with Gasteiger partial charge in [-0.1, -0.05) is 12.1 Å². The SMILES string of the molecule is C[C@H](O)C(=O)NCCc1ccc2c(c1)=NC(=O)C=2. The Bertz CT molecular complexity index is 605. The molecule has 0 saturated heterocycles. The maximum absolute atomic E-state index is 11.1. The number of nitrogens with one attached hydrogen (secondary N) is 1. The largest absolute Gasteiger partial charge is 0.384 e. The van der Waals surface area contributed by atoms with E-state index in [-0.39, 0.29) is 11.8 Å². The Morgan fingerprint density at radius 3 is 3.00 bits per heavy atom. The molecule has 0 unspecified atom stereocenters. The molecular formula is C13H14N2O3. The topological polar surface area (TPSA) is 78.8 Å². The quantitative estimate of drug-likeness (QED) is 0.690. The molecule has 0 saturated carbocycles. The van der Waals surface area contributed by atoms with Crippen molar-refractivity contribution in [1.82, 2.24) is 5.32 Å². The lowest BCUT2D eigenvalue weighted by molar-refractivity contribution is -0.128. The minimum atomic E-state index is -0.993. The number of rotatable bonds is 4. The normalized spacial score (nSPS) is 14.4. The highest BCUT2D eigenvalue weighted by Crippen LogP contribution is 1.95. The van der Waals surface area contributed by atoms with Crippen molar-refractivity contribution in [2.24, 2.45) is 4.99 Å². The third kappa shape index (κ3) is 2.81. The van der Waals surface area contributed by atoms with Crippen LogP contribution < -0.4 is 15.9 Å². The lowest BCUT2D eigenvalue weighted by Gasteiger charge is -2.06. The maximum Gasteiger partial charge on any atom is 0.270 e. The van der Waals surface area contributed by atoms with E-state index in [9.17, 15) is 9.59 Å². The van der Waals surface area contributed by atoms with E-state index >= 15 is 0 Å². The Kier molecular flexibility index (Phi) is 3.53. The molecule has 0 bridgehead atoms. The van der Waals surface area contributed by atoms with Crippen molar-refractivity contribution in [3.8, 4) is 0 Å². The Morgan fingerprint density at radius 2 is 2.28 bits per heavy atom. The lowest BCUT2D eigenvalue weighted by atomic mass is 10.1. The monoisotopic (exact) mass is 246 g/mol. The zero-order chi connectivity index (χ0) is 13.1. The van der Waals surface area contributed by atoms with E-state index in [0.29, 0.717) is 18.3 Å². The summed E-state index contributed by atoms with van der Waals surface area (Å²) in [6.45, 7) is 1.87. The van der Waals surface area contributed by atoms with Crippen molar-refractivity contribution in [1.29, 1.82) is 0 Å². The summed E-state index contributed by atoms with van der Waals surface area (Å²) < 4.78 is 0. The molecule has 2 rings (SSSR count). The average Bonchev–Trinajstić information content (AvgIpc) is 2.68. The van der Waals surface area contributed by atoms with E-state index < -0.39 is 6.10 Å². The number of nitrogens with zero attached hydrogens (tertiary/aromatic N) is 1. The van der Waals surface area contributed by atoms with E-state index in [2.05, 4.69) is 10.3 Å². The summed E-state index contributed by atoms with van der Waals surface area (Å²) in [6, 6.07) is 5.58. The fourth-order valence-corrected chi connectivity index (χ4v) is 1.73. The van der Waals surface area contributed by atoms with Crippen LogP contribution in [-0.2, 0) is 16.0 Å². The van der Waals surface area contributed by atoms with Gasteiger partial charge in [-0.3, -0.25) is 9.59 Å².